The smallest absolute Gasteiger partial charge is 0.335 e. The predicted octanol–water partition coefficient (Wildman–Crippen LogP) is 8.55. The van der Waals surface area contributed by atoms with E-state index < -0.39 is 5.97 Å². The van der Waals surface area contributed by atoms with Crippen LogP contribution in [0.1, 0.15) is 104 Å². The van der Waals surface area contributed by atoms with Crippen LogP contribution in [0.2, 0.25) is 0 Å². The summed E-state index contributed by atoms with van der Waals surface area (Å²) in [6, 6.07) is 19.3. The molecule has 2 nitrogen and oxygen atoms in total. The third-order valence-electron chi connectivity index (χ3n) is 6.58. The summed E-state index contributed by atoms with van der Waals surface area (Å²) >= 11 is 0. The molecule has 0 fully saturated rings. The van der Waals surface area contributed by atoms with Gasteiger partial charge in [0.05, 0.1) is 5.56 Å². The van der Waals surface area contributed by atoms with Gasteiger partial charge in [-0.05, 0) is 64.8 Å². The molecule has 0 aliphatic rings. The van der Waals surface area contributed by atoms with Gasteiger partial charge >= 0.3 is 5.97 Å². The Balaban J connectivity index is 2.19. The number of aromatic carboxylic acids is 1. The minimum absolute atomic E-state index is 0.215. The average molecular weight is 431 g/mol. The fourth-order valence-corrected chi connectivity index (χ4v) is 4.90. The summed E-state index contributed by atoms with van der Waals surface area (Å²) in [5.41, 5.74) is 5.43. The highest BCUT2D eigenvalue weighted by molar-refractivity contribution is 5.98. The molecule has 0 bridgehead atoms. The van der Waals surface area contributed by atoms with E-state index in [-0.39, 0.29) is 5.92 Å². The van der Waals surface area contributed by atoms with Crippen molar-refractivity contribution in [1.82, 2.24) is 0 Å². The minimum Gasteiger partial charge on any atom is -0.478 e. The van der Waals surface area contributed by atoms with Crippen LogP contribution in [0.5, 0.6) is 0 Å². The minimum atomic E-state index is -0.817. The largest absolute Gasteiger partial charge is 0.478 e. The lowest BCUT2D eigenvalue weighted by Gasteiger charge is -2.25. The maximum Gasteiger partial charge on any atom is 0.335 e. The van der Waals surface area contributed by atoms with Crippen molar-refractivity contribution in [3.05, 3.63) is 82.4 Å². The molecule has 2 heteroatoms. The fourth-order valence-electron chi connectivity index (χ4n) is 4.90. The Hall–Kier alpha value is -2.61. The van der Waals surface area contributed by atoms with Gasteiger partial charge < -0.3 is 5.11 Å². The van der Waals surface area contributed by atoms with Crippen molar-refractivity contribution in [3.8, 4) is 0 Å². The van der Waals surface area contributed by atoms with E-state index in [1.54, 1.807) is 0 Å². The van der Waals surface area contributed by atoms with E-state index in [1.807, 2.05) is 12.1 Å². The Morgan fingerprint density at radius 3 is 2.22 bits per heavy atom. The number of carboxylic acid groups (broad SMARTS) is 1. The standard InChI is InChI=1S/C30H38O2/c1-4-7-9-15-25(23-19-17-22(18-20-23)13-8-5-2)29-26-16-11-10-14-24(26)21-28(30(31)32)27(29)12-6-3/h10-11,14,16-21,25H,4-9,12-13,15H2,1-3H3,(H,31,32). The first-order valence-corrected chi connectivity index (χ1v) is 12.5. The monoisotopic (exact) mass is 430 g/mol. The Kier molecular flexibility index (Phi) is 8.90. The van der Waals surface area contributed by atoms with Crippen LogP contribution >= 0.6 is 0 Å². The van der Waals surface area contributed by atoms with E-state index in [0.29, 0.717) is 5.56 Å². The van der Waals surface area contributed by atoms with Gasteiger partial charge in [-0.25, -0.2) is 4.79 Å². The van der Waals surface area contributed by atoms with E-state index in [4.69, 9.17) is 0 Å². The lowest BCUT2D eigenvalue weighted by Crippen LogP contribution is -2.12. The summed E-state index contributed by atoms with van der Waals surface area (Å²) in [6.45, 7) is 6.60. The van der Waals surface area contributed by atoms with Gasteiger partial charge in [0, 0.05) is 5.92 Å². The van der Waals surface area contributed by atoms with Crippen LogP contribution in [0, 0.1) is 0 Å². The maximum absolute atomic E-state index is 12.3. The highest BCUT2D eigenvalue weighted by atomic mass is 16.4. The summed E-state index contributed by atoms with van der Waals surface area (Å²) in [4.78, 5) is 12.3. The van der Waals surface area contributed by atoms with Crippen LogP contribution in [0.25, 0.3) is 10.8 Å². The number of fused-ring (bicyclic) bond motifs is 1. The van der Waals surface area contributed by atoms with Crippen molar-refractivity contribution in [1.29, 1.82) is 0 Å². The highest BCUT2D eigenvalue weighted by Crippen LogP contribution is 2.39. The molecule has 3 rings (SSSR count). The van der Waals surface area contributed by atoms with Gasteiger partial charge in [0.15, 0.2) is 0 Å². The molecule has 0 saturated carbocycles. The molecular weight excluding hydrogens is 392 g/mol. The van der Waals surface area contributed by atoms with Gasteiger partial charge in [-0.2, -0.15) is 0 Å². The van der Waals surface area contributed by atoms with Crippen molar-refractivity contribution < 1.29 is 9.90 Å². The lowest BCUT2D eigenvalue weighted by atomic mass is 9.79. The van der Waals surface area contributed by atoms with Crippen molar-refractivity contribution in [2.24, 2.45) is 0 Å². The molecule has 0 heterocycles. The van der Waals surface area contributed by atoms with Gasteiger partial charge in [0.25, 0.3) is 0 Å². The van der Waals surface area contributed by atoms with Gasteiger partial charge in [-0.3, -0.25) is 0 Å². The Morgan fingerprint density at radius 1 is 0.844 bits per heavy atom. The van der Waals surface area contributed by atoms with Crippen LogP contribution in [-0.4, -0.2) is 11.1 Å². The van der Waals surface area contributed by atoms with Crippen LogP contribution in [0.4, 0.5) is 0 Å². The number of benzene rings is 3. The van der Waals surface area contributed by atoms with Crippen LogP contribution < -0.4 is 0 Å². The molecule has 3 aromatic rings. The van der Waals surface area contributed by atoms with Gasteiger partial charge in [0.1, 0.15) is 0 Å². The molecule has 1 unspecified atom stereocenters. The second-order valence-electron chi connectivity index (χ2n) is 8.99. The first-order valence-electron chi connectivity index (χ1n) is 12.5. The normalized spacial score (nSPS) is 12.2. The molecule has 0 spiro atoms. The fraction of sp³-hybridized carbons (Fsp3) is 0.433. The molecule has 0 saturated heterocycles. The first kappa shape index (κ1) is 24.0. The van der Waals surface area contributed by atoms with Crippen molar-refractivity contribution in [2.75, 3.05) is 0 Å². The molecule has 0 amide bonds. The zero-order valence-electron chi connectivity index (χ0n) is 20.0. The van der Waals surface area contributed by atoms with E-state index in [1.165, 1.54) is 47.8 Å². The number of carbonyl (C=O) groups is 1. The third kappa shape index (κ3) is 5.59. The molecule has 0 aliphatic carbocycles. The number of hydrogen-bond donors (Lipinski definition) is 1. The second-order valence-corrected chi connectivity index (χ2v) is 8.99. The molecular formula is C30H38O2. The van der Waals surface area contributed by atoms with Gasteiger partial charge in [-0.1, -0.05) is 101 Å². The molecule has 0 radical (unpaired) electrons. The molecule has 32 heavy (non-hydrogen) atoms. The molecule has 3 aromatic carbocycles. The maximum atomic E-state index is 12.3. The Morgan fingerprint density at radius 2 is 1.56 bits per heavy atom. The van der Waals surface area contributed by atoms with E-state index in [0.717, 1.165) is 43.1 Å². The molecule has 170 valence electrons. The Bertz CT molecular complexity index is 1020. The van der Waals surface area contributed by atoms with Crippen molar-refractivity contribution in [2.45, 2.75) is 84.5 Å². The van der Waals surface area contributed by atoms with E-state index in [9.17, 15) is 9.90 Å². The number of hydrogen-bond acceptors (Lipinski definition) is 1. The molecule has 1 atom stereocenters. The van der Waals surface area contributed by atoms with Gasteiger partial charge in [-0.15, -0.1) is 0 Å². The SMILES string of the molecule is CCCCCC(c1ccc(CCCC)cc1)c1c(CCC)c(C(=O)O)cc2ccccc12. The third-order valence-corrected chi connectivity index (χ3v) is 6.58. The molecule has 0 aromatic heterocycles. The first-order chi connectivity index (χ1) is 15.6. The highest BCUT2D eigenvalue weighted by Gasteiger charge is 2.24. The van der Waals surface area contributed by atoms with E-state index >= 15 is 0 Å². The second kappa shape index (κ2) is 11.9. The van der Waals surface area contributed by atoms with Crippen LogP contribution in [0.3, 0.4) is 0 Å². The Labute approximate surface area is 193 Å². The summed E-state index contributed by atoms with van der Waals surface area (Å²) in [5.74, 6) is -0.602. The predicted molar refractivity (Wildman–Crippen MR) is 136 cm³/mol. The van der Waals surface area contributed by atoms with Crippen molar-refractivity contribution in [3.63, 3.8) is 0 Å². The molecule has 0 aliphatic heterocycles. The summed E-state index contributed by atoms with van der Waals surface area (Å²) in [7, 11) is 0. The van der Waals surface area contributed by atoms with Gasteiger partial charge in [0.2, 0.25) is 0 Å². The zero-order valence-corrected chi connectivity index (χ0v) is 20.0. The summed E-state index contributed by atoms with van der Waals surface area (Å²) in [6.07, 6.45) is 9.84. The number of carboxylic acids is 1. The zero-order chi connectivity index (χ0) is 22.9. The van der Waals surface area contributed by atoms with E-state index in [2.05, 4.69) is 63.2 Å². The molecule has 1 N–H and O–H groups in total. The lowest BCUT2D eigenvalue weighted by molar-refractivity contribution is 0.0695. The number of rotatable bonds is 12. The van der Waals surface area contributed by atoms with Crippen LogP contribution in [-0.2, 0) is 12.8 Å². The average Bonchev–Trinajstić information content (AvgIpc) is 2.81. The summed E-state index contributed by atoms with van der Waals surface area (Å²) < 4.78 is 0. The quantitative estimate of drug-likeness (QED) is 0.292. The number of aryl methyl sites for hydroxylation is 1. The van der Waals surface area contributed by atoms with Crippen molar-refractivity contribution >= 4 is 16.7 Å². The summed E-state index contributed by atoms with van der Waals surface area (Å²) in [5, 5.41) is 12.3. The van der Waals surface area contributed by atoms with Crippen LogP contribution in [0.15, 0.2) is 54.6 Å². The number of unbranched alkanes of at least 4 members (excludes halogenated alkanes) is 3. The topological polar surface area (TPSA) is 37.3 Å².